The van der Waals surface area contributed by atoms with E-state index in [0.29, 0.717) is 12.6 Å². The van der Waals surface area contributed by atoms with Gasteiger partial charge in [-0.1, -0.05) is 57.4 Å². The van der Waals surface area contributed by atoms with Crippen molar-refractivity contribution in [3.8, 4) is 0 Å². The Bertz CT molecular complexity index is 338. The van der Waals surface area contributed by atoms with E-state index in [4.69, 9.17) is 4.74 Å². The summed E-state index contributed by atoms with van der Waals surface area (Å²) in [7, 11) is 1.74. The third-order valence-corrected chi connectivity index (χ3v) is 3.44. The third-order valence-electron chi connectivity index (χ3n) is 3.44. The maximum Gasteiger partial charge on any atom is 0.0713 e. The summed E-state index contributed by atoms with van der Waals surface area (Å²) in [4.78, 5) is 0. The minimum absolute atomic E-state index is 0.663. The van der Waals surface area contributed by atoms with Crippen molar-refractivity contribution in [3.63, 3.8) is 0 Å². The third kappa shape index (κ3) is 6.74. The zero-order chi connectivity index (χ0) is 13.9. The Kier molecular flexibility index (Phi) is 8.52. The van der Waals surface area contributed by atoms with Gasteiger partial charge in [-0.2, -0.15) is 0 Å². The molecule has 108 valence electrons. The predicted octanol–water partition coefficient (Wildman–Crippen LogP) is 4.28. The van der Waals surface area contributed by atoms with Crippen LogP contribution in [0.15, 0.2) is 24.3 Å². The molecule has 1 rings (SSSR count). The summed E-state index contributed by atoms with van der Waals surface area (Å²) in [5.41, 5.74) is 2.61. The van der Waals surface area contributed by atoms with E-state index in [1.165, 1.54) is 43.2 Å². The molecule has 1 aromatic carbocycles. The minimum Gasteiger partial charge on any atom is -0.380 e. The van der Waals surface area contributed by atoms with Gasteiger partial charge >= 0.3 is 0 Å². The lowest BCUT2D eigenvalue weighted by atomic mass is 10.0. The van der Waals surface area contributed by atoms with Crippen molar-refractivity contribution >= 4 is 0 Å². The normalized spacial score (nSPS) is 12.6. The van der Waals surface area contributed by atoms with E-state index in [9.17, 15) is 0 Å². The van der Waals surface area contributed by atoms with Crippen molar-refractivity contribution in [2.45, 2.75) is 65.1 Å². The Morgan fingerprint density at radius 1 is 1.11 bits per heavy atom. The summed E-state index contributed by atoms with van der Waals surface area (Å²) in [6.07, 6.45) is 6.43. The number of ether oxygens (including phenoxy) is 1. The van der Waals surface area contributed by atoms with Crippen molar-refractivity contribution in [2.75, 3.05) is 7.11 Å². The van der Waals surface area contributed by atoms with E-state index in [0.717, 1.165) is 6.54 Å². The largest absolute Gasteiger partial charge is 0.380 e. The van der Waals surface area contributed by atoms with Crippen LogP contribution in [0.5, 0.6) is 0 Å². The first-order chi connectivity index (χ1) is 9.30. The Balaban J connectivity index is 2.45. The van der Waals surface area contributed by atoms with E-state index in [1.807, 2.05) is 0 Å². The molecule has 1 N–H and O–H groups in total. The van der Waals surface area contributed by atoms with Gasteiger partial charge in [-0.25, -0.2) is 0 Å². The van der Waals surface area contributed by atoms with Crippen molar-refractivity contribution in [1.29, 1.82) is 0 Å². The highest BCUT2D eigenvalue weighted by Gasteiger charge is 2.06. The van der Waals surface area contributed by atoms with Crippen LogP contribution >= 0.6 is 0 Å². The number of rotatable bonds is 10. The van der Waals surface area contributed by atoms with Crippen LogP contribution in [0.3, 0.4) is 0 Å². The van der Waals surface area contributed by atoms with E-state index >= 15 is 0 Å². The predicted molar refractivity (Wildman–Crippen MR) is 82.2 cm³/mol. The molecule has 0 aliphatic carbocycles. The molecule has 2 heteroatoms. The first kappa shape index (κ1) is 16.2. The molecule has 1 aromatic rings. The van der Waals surface area contributed by atoms with Crippen molar-refractivity contribution in [3.05, 3.63) is 35.4 Å². The highest BCUT2D eigenvalue weighted by atomic mass is 16.5. The van der Waals surface area contributed by atoms with Gasteiger partial charge in [0.2, 0.25) is 0 Å². The maximum atomic E-state index is 5.18. The fourth-order valence-electron chi connectivity index (χ4n) is 2.41. The molecule has 0 saturated heterocycles. The summed E-state index contributed by atoms with van der Waals surface area (Å²) in [6, 6.07) is 9.32. The van der Waals surface area contributed by atoms with E-state index in [2.05, 4.69) is 43.4 Å². The SMILES string of the molecule is CCCCC(CCC)NCc1cccc(COC)c1. The topological polar surface area (TPSA) is 21.3 Å². The van der Waals surface area contributed by atoms with Gasteiger partial charge < -0.3 is 10.1 Å². The van der Waals surface area contributed by atoms with Crippen LogP contribution in [0.1, 0.15) is 57.1 Å². The highest BCUT2D eigenvalue weighted by molar-refractivity contribution is 5.22. The average molecular weight is 263 g/mol. The zero-order valence-corrected chi connectivity index (χ0v) is 12.7. The number of unbranched alkanes of at least 4 members (excludes halogenated alkanes) is 1. The van der Waals surface area contributed by atoms with Gasteiger partial charge in [-0.05, 0) is 24.0 Å². The molecule has 2 nitrogen and oxygen atoms in total. The first-order valence-corrected chi connectivity index (χ1v) is 7.60. The second-order valence-corrected chi connectivity index (χ2v) is 5.26. The maximum absolute atomic E-state index is 5.18. The summed E-state index contributed by atoms with van der Waals surface area (Å²) in [5, 5.41) is 3.70. The zero-order valence-electron chi connectivity index (χ0n) is 12.7. The van der Waals surface area contributed by atoms with Crippen LogP contribution in [0.4, 0.5) is 0 Å². The van der Waals surface area contributed by atoms with Gasteiger partial charge in [0.25, 0.3) is 0 Å². The quantitative estimate of drug-likeness (QED) is 0.680. The molecule has 19 heavy (non-hydrogen) atoms. The molecule has 0 spiro atoms. The second-order valence-electron chi connectivity index (χ2n) is 5.26. The molecule has 0 saturated carbocycles. The summed E-state index contributed by atoms with van der Waals surface area (Å²) in [5.74, 6) is 0. The Morgan fingerprint density at radius 3 is 2.58 bits per heavy atom. The fraction of sp³-hybridized carbons (Fsp3) is 0.647. The van der Waals surface area contributed by atoms with Crippen LogP contribution in [0.2, 0.25) is 0 Å². The van der Waals surface area contributed by atoms with Crippen molar-refractivity contribution in [2.24, 2.45) is 0 Å². The van der Waals surface area contributed by atoms with Crippen molar-refractivity contribution < 1.29 is 4.74 Å². The summed E-state index contributed by atoms with van der Waals surface area (Å²) in [6.45, 7) is 6.19. The smallest absolute Gasteiger partial charge is 0.0713 e. The molecular formula is C17H29NO. The van der Waals surface area contributed by atoms with Crippen LogP contribution in [0, 0.1) is 0 Å². The summed E-state index contributed by atoms with van der Waals surface area (Å²) >= 11 is 0. The van der Waals surface area contributed by atoms with E-state index in [1.54, 1.807) is 7.11 Å². The Labute approximate surface area is 118 Å². The molecule has 0 aliphatic heterocycles. The lowest BCUT2D eigenvalue weighted by Gasteiger charge is -2.18. The summed E-state index contributed by atoms with van der Waals surface area (Å²) < 4.78 is 5.18. The molecular weight excluding hydrogens is 234 g/mol. The number of hydrogen-bond donors (Lipinski definition) is 1. The second kappa shape index (κ2) is 9.99. The van der Waals surface area contributed by atoms with Gasteiger partial charge in [0.05, 0.1) is 6.61 Å². The molecule has 0 radical (unpaired) electrons. The van der Waals surface area contributed by atoms with Crippen LogP contribution in [-0.2, 0) is 17.9 Å². The lowest BCUT2D eigenvalue weighted by molar-refractivity contribution is 0.185. The Morgan fingerprint density at radius 2 is 1.89 bits per heavy atom. The van der Waals surface area contributed by atoms with Gasteiger partial charge in [-0.3, -0.25) is 0 Å². The molecule has 0 amide bonds. The standard InChI is InChI=1S/C17H29NO/c1-4-6-11-17(8-5-2)18-13-15-9-7-10-16(12-15)14-19-3/h7,9-10,12,17-18H,4-6,8,11,13-14H2,1-3H3. The molecule has 0 aromatic heterocycles. The lowest BCUT2D eigenvalue weighted by Crippen LogP contribution is -2.28. The van der Waals surface area contributed by atoms with Crippen LogP contribution in [-0.4, -0.2) is 13.2 Å². The van der Waals surface area contributed by atoms with Gasteiger partial charge in [0.1, 0.15) is 0 Å². The van der Waals surface area contributed by atoms with Gasteiger partial charge in [-0.15, -0.1) is 0 Å². The van der Waals surface area contributed by atoms with E-state index < -0.39 is 0 Å². The van der Waals surface area contributed by atoms with Gasteiger partial charge in [0.15, 0.2) is 0 Å². The number of nitrogens with one attached hydrogen (secondary N) is 1. The number of methoxy groups -OCH3 is 1. The molecule has 1 atom stereocenters. The fourth-order valence-corrected chi connectivity index (χ4v) is 2.41. The number of benzene rings is 1. The monoisotopic (exact) mass is 263 g/mol. The first-order valence-electron chi connectivity index (χ1n) is 7.60. The van der Waals surface area contributed by atoms with Crippen molar-refractivity contribution in [1.82, 2.24) is 5.32 Å². The molecule has 1 unspecified atom stereocenters. The van der Waals surface area contributed by atoms with E-state index in [-0.39, 0.29) is 0 Å². The molecule has 0 heterocycles. The Hall–Kier alpha value is -0.860. The molecule has 0 aliphatic rings. The molecule has 0 fully saturated rings. The van der Waals surface area contributed by atoms with Crippen LogP contribution in [0.25, 0.3) is 0 Å². The molecule has 0 bridgehead atoms. The van der Waals surface area contributed by atoms with Gasteiger partial charge in [0, 0.05) is 19.7 Å². The minimum atomic E-state index is 0.663. The average Bonchev–Trinajstić information content (AvgIpc) is 2.43. The number of hydrogen-bond acceptors (Lipinski definition) is 2. The van der Waals surface area contributed by atoms with Crippen LogP contribution < -0.4 is 5.32 Å². The highest BCUT2D eigenvalue weighted by Crippen LogP contribution is 2.10.